The maximum absolute atomic E-state index is 12.3. The zero-order valence-electron chi connectivity index (χ0n) is 11.0. The second kappa shape index (κ2) is 5.16. The minimum absolute atomic E-state index is 0.199. The van der Waals surface area contributed by atoms with Crippen LogP contribution in [0.5, 0.6) is 0 Å². The van der Waals surface area contributed by atoms with Crippen molar-refractivity contribution in [2.75, 3.05) is 10.1 Å². The molecule has 1 aliphatic rings. The van der Waals surface area contributed by atoms with E-state index in [1.165, 1.54) is 10.4 Å². The standard InChI is InChI=1S/C15H12ClNO3S/c16-12-6-7-14-13(8-12)15(18)10-21(19,20)17(14)9-11-4-2-1-3-5-11/h1-8H,9-10H2. The minimum Gasteiger partial charge on any atom is -0.293 e. The Balaban J connectivity index is 2.10. The molecule has 0 bridgehead atoms. The molecule has 0 radical (unpaired) electrons. The second-order valence-electron chi connectivity index (χ2n) is 4.83. The summed E-state index contributed by atoms with van der Waals surface area (Å²) in [7, 11) is -3.66. The highest BCUT2D eigenvalue weighted by Crippen LogP contribution is 2.32. The normalized spacial score (nSPS) is 16.6. The van der Waals surface area contributed by atoms with Gasteiger partial charge in [0.2, 0.25) is 10.0 Å². The number of rotatable bonds is 2. The van der Waals surface area contributed by atoms with Gasteiger partial charge >= 0.3 is 0 Å². The zero-order valence-corrected chi connectivity index (χ0v) is 12.6. The van der Waals surface area contributed by atoms with Crippen molar-refractivity contribution in [2.24, 2.45) is 0 Å². The van der Waals surface area contributed by atoms with E-state index in [1.807, 2.05) is 30.3 Å². The van der Waals surface area contributed by atoms with E-state index in [0.29, 0.717) is 16.3 Å². The molecule has 0 fully saturated rings. The summed E-state index contributed by atoms with van der Waals surface area (Å²) in [6, 6.07) is 13.9. The summed E-state index contributed by atoms with van der Waals surface area (Å²) >= 11 is 5.90. The van der Waals surface area contributed by atoms with Crippen LogP contribution in [0.4, 0.5) is 5.69 Å². The van der Waals surface area contributed by atoms with Crippen LogP contribution in [-0.4, -0.2) is 20.0 Å². The number of benzene rings is 2. The lowest BCUT2D eigenvalue weighted by atomic mass is 10.1. The van der Waals surface area contributed by atoms with Crippen LogP contribution < -0.4 is 4.31 Å². The van der Waals surface area contributed by atoms with Gasteiger partial charge in [-0.3, -0.25) is 9.10 Å². The Kier molecular flexibility index (Phi) is 3.47. The van der Waals surface area contributed by atoms with Gasteiger partial charge in [0.25, 0.3) is 0 Å². The molecule has 0 atom stereocenters. The van der Waals surface area contributed by atoms with Crippen LogP contribution in [0, 0.1) is 0 Å². The molecule has 108 valence electrons. The molecule has 2 aromatic rings. The fraction of sp³-hybridized carbons (Fsp3) is 0.133. The van der Waals surface area contributed by atoms with E-state index in [0.717, 1.165) is 5.56 Å². The van der Waals surface area contributed by atoms with Crippen molar-refractivity contribution in [3.8, 4) is 0 Å². The maximum Gasteiger partial charge on any atom is 0.243 e. The minimum atomic E-state index is -3.66. The molecule has 3 rings (SSSR count). The van der Waals surface area contributed by atoms with Crippen molar-refractivity contribution in [1.82, 2.24) is 0 Å². The van der Waals surface area contributed by atoms with Crippen LogP contribution in [0.2, 0.25) is 5.02 Å². The first-order valence-electron chi connectivity index (χ1n) is 6.34. The van der Waals surface area contributed by atoms with Crippen LogP contribution >= 0.6 is 11.6 Å². The third-order valence-electron chi connectivity index (χ3n) is 3.35. The van der Waals surface area contributed by atoms with Gasteiger partial charge in [-0.2, -0.15) is 0 Å². The van der Waals surface area contributed by atoms with Crippen molar-refractivity contribution in [3.05, 3.63) is 64.7 Å². The van der Waals surface area contributed by atoms with Gasteiger partial charge in [0.1, 0.15) is 5.75 Å². The quantitative estimate of drug-likeness (QED) is 0.854. The lowest BCUT2D eigenvalue weighted by molar-refractivity contribution is 0.102. The molecule has 6 heteroatoms. The zero-order chi connectivity index (χ0) is 15.0. The number of Topliss-reactive ketones (excluding diaryl/α,β-unsaturated/α-hetero) is 1. The average Bonchev–Trinajstić information content (AvgIpc) is 2.44. The summed E-state index contributed by atoms with van der Waals surface area (Å²) in [6.07, 6.45) is 0. The molecule has 0 saturated carbocycles. The maximum atomic E-state index is 12.3. The third-order valence-corrected chi connectivity index (χ3v) is 5.21. The Morgan fingerprint density at radius 1 is 1.10 bits per heavy atom. The molecule has 0 amide bonds. The Labute approximate surface area is 128 Å². The van der Waals surface area contributed by atoms with Crippen molar-refractivity contribution < 1.29 is 13.2 Å². The number of halogens is 1. The number of sulfonamides is 1. The number of hydrogen-bond acceptors (Lipinski definition) is 3. The van der Waals surface area contributed by atoms with Gasteiger partial charge in [0.15, 0.2) is 5.78 Å². The van der Waals surface area contributed by atoms with Gasteiger partial charge in [0.05, 0.1) is 12.2 Å². The highest BCUT2D eigenvalue weighted by molar-refractivity contribution is 7.93. The summed E-state index contributed by atoms with van der Waals surface area (Å²) in [5.74, 6) is -0.940. The Bertz CT molecular complexity index is 803. The van der Waals surface area contributed by atoms with Crippen molar-refractivity contribution in [1.29, 1.82) is 0 Å². The monoisotopic (exact) mass is 321 g/mol. The number of nitrogens with zero attached hydrogens (tertiary/aromatic N) is 1. The summed E-state index contributed by atoms with van der Waals surface area (Å²) in [5.41, 5.74) is 1.60. The first kappa shape index (κ1) is 14.1. The van der Waals surface area contributed by atoms with E-state index in [9.17, 15) is 13.2 Å². The number of ketones is 1. The van der Waals surface area contributed by atoms with E-state index in [1.54, 1.807) is 12.1 Å². The SMILES string of the molecule is O=C1CS(=O)(=O)N(Cc2ccccc2)c2ccc(Cl)cc21. The molecule has 4 nitrogen and oxygen atoms in total. The van der Waals surface area contributed by atoms with Gasteiger partial charge in [-0.05, 0) is 23.8 Å². The Morgan fingerprint density at radius 2 is 1.81 bits per heavy atom. The largest absolute Gasteiger partial charge is 0.293 e. The first-order chi connectivity index (χ1) is 9.97. The Morgan fingerprint density at radius 3 is 2.52 bits per heavy atom. The van der Waals surface area contributed by atoms with Crippen molar-refractivity contribution in [2.45, 2.75) is 6.54 Å². The molecule has 0 saturated heterocycles. The van der Waals surface area contributed by atoms with E-state index >= 15 is 0 Å². The van der Waals surface area contributed by atoms with Gasteiger partial charge in [-0.15, -0.1) is 0 Å². The van der Waals surface area contributed by atoms with E-state index in [-0.39, 0.29) is 6.54 Å². The topological polar surface area (TPSA) is 54.5 Å². The van der Waals surface area contributed by atoms with Crippen molar-refractivity contribution >= 4 is 33.1 Å². The summed E-state index contributed by atoms with van der Waals surface area (Å²) < 4.78 is 25.9. The molecule has 0 unspecified atom stereocenters. The van der Waals surface area contributed by atoms with Gasteiger partial charge in [-0.1, -0.05) is 41.9 Å². The predicted octanol–water partition coefficient (Wildman–Crippen LogP) is 2.87. The number of carbonyl (C=O) groups excluding carboxylic acids is 1. The van der Waals surface area contributed by atoms with Gasteiger partial charge < -0.3 is 0 Å². The highest BCUT2D eigenvalue weighted by atomic mass is 35.5. The van der Waals surface area contributed by atoms with Crippen molar-refractivity contribution in [3.63, 3.8) is 0 Å². The molecule has 1 aliphatic heterocycles. The molecule has 21 heavy (non-hydrogen) atoms. The Hall–Kier alpha value is -1.85. The smallest absolute Gasteiger partial charge is 0.243 e. The molecule has 0 spiro atoms. The highest BCUT2D eigenvalue weighted by Gasteiger charge is 2.34. The van der Waals surface area contributed by atoms with E-state index in [4.69, 9.17) is 11.6 Å². The fourth-order valence-corrected chi connectivity index (χ4v) is 3.97. The molecule has 1 heterocycles. The average molecular weight is 322 g/mol. The predicted molar refractivity (Wildman–Crippen MR) is 82.2 cm³/mol. The fourth-order valence-electron chi connectivity index (χ4n) is 2.35. The molecular formula is C15H12ClNO3S. The molecule has 0 aliphatic carbocycles. The number of hydrogen-bond donors (Lipinski definition) is 0. The molecule has 0 aromatic heterocycles. The number of fused-ring (bicyclic) bond motifs is 1. The molecular weight excluding hydrogens is 310 g/mol. The molecule has 2 aromatic carbocycles. The first-order valence-corrected chi connectivity index (χ1v) is 8.33. The van der Waals surface area contributed by atoms with Crippen LogP contribution in [0.25, 0.3) is 0 Å². The number of anilines is 1. The van der Waals surface area contributed by atoms with Crippen LogP contribution in [0.1, 0.15) is 15.9 Å². The summed E-state index contributed by atoms with van der Waals surface area (Å²) in [6.45, 7) is 0.199. The van der Waals surface area contributed by atoms with Gasteiger partial charge in [-0.25, -0.2) is 8.42 Å². The van der Waals surface area contributed by atoms with Crippen LogP contribution in [-0.2, 0) is 16.6 Å². The van der Waals surface area contributed by atoms with Gasteiger partial charge in [0, 0.05) is 10.6 Å². The van der Waals surface area contributed by atoms with E-state index < -0.39 is 21.6 Å². The second-order valence-corrected chi connectivity index (χ2v) is 7.16. The third kappa shape index (κ3) is 2.66. The number of carbonyl (C=O) groups is 1. The lowest BCUT2D eigenvalue weighted by Gasteiger charge is -2.30. The summed E-state index contributed by atoms with van der Waals surface area (Å²) in [5, 5.41) is 0.418. The van der Waals surface area contributed by atoms with Crippen LogP contribution in [0.15, 0.2) is 48.5 Å². The molecule has 0 N–H and O–H groups in total. The van der Waals surface area contributed by atoms with E-state index in [2.05, 4.69) is 0 Å². The lowest BCUT2D eigenvalue weighted by Crippen LogP contribution is -2.40. The van der Waals surface area contributed by atoms with Crippen LogP contribution in [0.3, 0.4) is 0 Å². The summed E-state index contributed by atoms with van der Waals surface area (Å²) in [4.78, 5) is 12.0.